The summed E-state index contributed by atoms with van der Waals surface area (Å²) in [6.45, 7) is 4.77. The van der Waals surface area contributed by atoms with E-state index in [9.17, 15) is 14.4 Å². The van der Waals surface area contributed by atoms with E-state index in [1.165, 1.54) is 5.56 Å². The molecule has 1 heterocycles. The SMILES string of the molecule is CC(C)[C@@H](CCNC(=O)C[C@H]1NC(=O)c2ccccc2NC1=O)c1ccc(Cl)cc1. The number of fused-ring (bicyclic) bond motifs is 1. The molecule has 1 aliphatic heterocycles. The summed E-state index contributed by atoms with van der Waals surface area (Å²) < 4.78 is 0. The molecule has 30 heavy (non-hydrogen) atoms. The van der Waals surface area contributed by atoms with Crippen molar-refractivity contribution < 1.29 is 14.4 Å². The summed E-state index contributed by atoms with van der Waals surface area (Å²) in [4.78, 5) is 37.2. The molecule has 0 radical (unpaired) electrons. The number of benzene rings is 2. The van der Waals surface area contributed by atoms with E-state index in [1.807, 2.05) is 24.3 Å². The molecule has 0 fully saturated rings. The maximum absolute atomic E-state index is 12.4. The molecule has 0 bridgehead atoms. The fourth-order valence-electron chi connectivity index (χ4n) is 3.67. The third-order valence-electron chi connectivity index (χ3n) is 5.32. The molecule has 1 aliphatic rings. The molecule has 0 unspecified atom stereocenters. The second-order valence-electron chi connectivity index (χ2n) is 7.81. The lowest BCUT2D eigenvalue weighted by atomic mass is 9.86. The topological polar surface area (TPSA) is 87.3 Å². The van der Waals surface area contributed by atoms with Crippen molar-refractivity contribution in [2.45, 2.75) is 38.6 Å². The third kappa shape index (κ3) is 5.39. The number of hydrogen-bond donors (Lipinski definition) is 3. The standard InChI is InChI=1S/C23H26ClN3O3/c1-14(2)17(15-7-9-16(24)10-8-15)11-12-25-21(28)13-20-23(30)26-19-6-4-3-5-18(19)22(29)27-20/h3-10,14,17,20H,11-13H2,1-2H3,(H,25,28)(H,26,30)(H,27,29)/t17-,20-/m1/s1. The Kier molecular flexibility index (Phi) is 7.11. The lowest BCUT2D eigenvalue weighted by molar-refractivity contribution is -0.125. The molecular weight excluding hydrogens is 402 g/mol. The van der Waals surface area contributed by atoms with Crippen LogP contribution in [-0.4, -0.2) is 30.3 Å². The molecule has 3 amide bonds. The fraction of sp³-hybridized carbons (Fsp3) is 0.348. The number of para-hydroxylation sites is 1. The third-order valence-corrected chi connectivity index (χ3v) is 5.57. The molecule has 0 saturated carbocycles. The molecule has 0 spiro atoms. The summed E-state index contributed by atoms with van der Waals surface area (Å²) in [5, 5.41) is 8.92. The minimum absolute atomic E-state index is 0.112. The van der Waals surface area contributed by atoms with Crippen molar-refractivity contribution in [2.24, 2.45) is 5.92 Å². The fourth-order valence-corrected chi connectivity index (χ4v) is 3.80. The van der Waals surface area contributed by atoms with Gasteiger partial charge in [-0.25, -0.2) is 0 Å². The zero-order chi connectivity index (χ0) is 21.7. The lowest BCUT2D eigenvalue weighted by Gasteiger charge is -2.22. The zero-order valence-electron chi connectivity index (χ0n) is 17.1. The van der Waals surface area contributed by atoms with Gasteiger partial charge in [0, 0.05) is 11.6 Å². The van der Waals surface area contributed by atoms with Gasteiger partial charge >= 0.3 is 0 Å². The van der Waals surface area contributed by atoms with Crippen molar-refractivity contribution in [1.82, 2.24) is 10.6 Å². The summed E-state index contributed by atoms with van der Waals surface area (Å²) >= 11 is 5.98. The first kappa shape index (κ1) is 21.8. The Balaban J connectivity index is 1.54. The predicted octanol–water partition coefficient (Wildman–Crippen LogP) is 3.73. The van der Waals surface area contributed by atoms with Gasteiger partial charge < -0.3 is 16.0 Å². The van der Waals surface area contributed by atoms with Crippen molar-refractivity contribution in [1.29, 1.82) is 0 Å². The van der Waals surface area contributed by atoms with Crippen LogP contribution >= 0.6 is 11.6 Å². The number of amides is 3. The highest BCUT2D eigenvalue weighted by atomic mass is 35.5. The minimum Gasteiger partial charge on any atom is -0.356 e. The average molecular weight is 428 g/mol. The van der Waals surface area contributed by atoms with Gasteiger partial charge in [-0.3, -0.25) is 14.4 Å². The van der Waals surface area contributed by atoms with E-state index < -0.39 is 11.9 Å². The van der Waals surface area contributed by atoms with E-state index in [1.54, 1.807) is 24.3 Å². The minimum atomic E-state index is -0.915. The Hall–Kier alpha value is -2.86. The van der Waals surface area contributed by atoms with Gasteiger partial charge in [0.15, 0.2) is 0 Å². The number of anilines is 1. The zero-order valence-corrected chi connectivity index (χ0v) is 17.8. The average Bonchev–Trinajstić information content (AvgIpc) is 2.82. The molecular formula is C23H26ClN3O3. The molecule has 7 heteroatoms. The number of halogens is 1. The quantitative estimate of drug-likeness (QED) is 0.629. The first-order chi connectivity index (χ1) is 14.3. The van der Waals surface area contributed by atoms with Crippen LogP contribution < -0.4 is 16.0 Å². The summed E-state index contributed by atoms with van der Waals surface area (Å²) in [5.74, 6) is -0.375. The van der Waals surface area contributed by atoms with Gasteiger partial charge in [0.1, 0.15) is 6.04 Å². The number of carbonyl (C=O) groups is 3. The molecule has 2 aromatic carbocycles. The number of rotatable bonds is 7. The van der Waals surface area contributed by atoms with Crippen molar-refractivity contribution in [3.63, 3.8) is 0 Å². The van der Waals surface area contributed by atoms with Crippen molar-refractivity contribution >= 4 is 35.0 Å². The van der Waals surface area contributed by atoms with Crippen LogP contribution in [0.15, 0.2) is 48.5 Å². The maximum atomic E-state index is 12.4. The largest absolute Gasteiger partial charge is 0.356 e. The van der Waals surface area contributed by atoms with Crippen LogP contribution in [0, 0.1) is 5.92 Å². The van der Waals surface area contributed by atoms with Crippen LogP contribution in [0.1, 0.15) is 48.5 Å². The van der Waals surface area contributed by atoms with Crippen LogP contribution in [0.5, 0.6) is 0 Å². The number of nitrogens with one attached hydrogen (secondary N) is 3. The van der Waals surface area contributed by atoms with Gasteiger partial charge in [-0.05, 0) is 48.1 Å². The summed E-state index contributed by atoms with van der Waals surface area (Å²) in [7, 11) is 0. The van der Waals surface area contributed by atoms with E-state index in [4.69, 9.17) is 11.6 Å². The van der Waals surface area contributed by atoms with Crippen molar-refractivity contribution in [3.8, 4) is 0 Å². The Labute approximate surface area is 181 Å². The van der Waals surface area contributed by atoms with Crippen LogP contribution in [0.3, 0.4) is 0 Å². The van der Waals surface area contributed by atoms with Gasteiger partial charge in [-0.1, -0.05) is 49.7 Å². The molecule has 3 rings (SSSR count). The van der Waals surface area contributed by atoms with Crippen LogP contribution in [0.4, 0.5) is 5.69 Å². The molecule has 0 aliphatic carbocycles. The van der Waals surface area contributed by atoms with E-state index in [2.05, 4.69) is 29.8 Å². The van der Waals surface area contributed by atoms with Crippen molar-refractivity contribution in [2.75, 3.05) is 11.9 Å². The molecule has 2 aromatic rings. The highest BCUT2D eigenvalue weighted by Gasteiger charge is 2.29. The first-order valence-corrected chi connectivity index (χ1v) is 10.5. The Bertz CT molecular complexity index is 928. The summed E-state index contributed by atoms with van der Waals surface area (Å²) in [6, 6.07) is 13.6. The lowest BCUT2D eigenvalue weighted by Crippen LogP contribution is -2.44. The molecule has 3 N–H and O–H groups in total. The first-order valence-electron chi connectivity index (χ1n) is 10.1. The maximum Gasteiger partial charge on any atom is 0.254 e. The second-order valence-corrected chi connectivity index (χ2v) is 8.24. The van der Waals surface area contributed by atoms with Crippen molar-refractivity contribution in [3.05, 3.63) is 64.7 Å². The summed E-state index contributed by atoms with van der Waals surface area (Å²) in [5.41, 5.74) is 2.01. The smallest absolute Gasteiger partial charge is 0.254 e. The predicted molar refractivity (Wildman–Crippen MR) is 118 cm³/mol. The highest BCUT2D eigenvalue weighted by Crippen LogP contribution is 2.28. The van der Waals surface area contributed by atoms with Gasteiger partial charge in [-0.2, -0.15) is 0 Å². The normalized spacial score (nSPS) is 16.9. The Morgan fingerprint density at radius 3 is 2.50 bits per heavy atom. The Morgan fingerprint density at radius 1 is 1.10 bits per heavy atom. The molecule has 6 nitrogen and oxygen atoms in total. The van der Waals surface area contributed by atoms with Gasteiger partial charge in [0.2, 0.25) is 11.8 Å². The number of carbonyl (C=O) groups excluding carboxylic acids is 3. The number of hydrogen-bond acceptors (Lipinski definition) is 3. The van der Waals surface area contributed by atoms with Gasteiger partial charge in [0.05, 0.1) is 17.7 Å². The van der Waals surface area contributed by atoms with E-state index in [0.29, 0.717) is 28.7 Å². The van der Waals surface area contributed by atoms with E-state index >= 15 is 0 Å². The van der Waals surface area contributed by atoms with Gasteiger partial charge in [-0.15, -0.1) is 0 Å². The van der Waals surface area contributed by atoms with Crippen LogP contribution in [0.25, 0.3) is 0 Å². The molecule has 0 saturated heterocycles. The van der Waals surface area contributed by atoms with Gasteiger partial charge in [0.25, 0.3) is 5.91 Å². The molecule has 158 valence electrons. The van der Waals surface area contributed by atoms with E-state index in [-0.39, 0.29) is 24.2 Å². The van der Waals surface area contributed by atoms with E-state index in [0.717, 1.165) is 6.42 Å². The molecule has 2 atom stereocenters. The Morgan fingerprint density at radius 2 is 1.80 bits per heavy atom. The summed E-state index contributed by atoms with van der Waals surface area (Å²) in [6.07, 6.45) is 0.651. The monoisotopic (exact) mass is 427 g/mol. The van der Waals surface area contributed by atoms with Crippen LogP contribution in [0.2, 0.25) is 5.02 Å². The van der Waals surface area contributed by atoms with Crippen LogP contribution in [-0.2, 0) is 9.59 Å². The highest BCUT2D eigenvalue weighted by molar-refractivity contribution is 6.30. The second kappa shape index (κ2) is 9.76. The molecule has 0 aromatic heterocycles.